The van der Waals surface area contributed by atoms with Crippen LogP contribution in [-0.2, 0) is 14.6 Å². The first-order valence-electron chi connectivity index (χ1n) is 2.90. The summed E-state index contributed by atoms with van der Waals surface area (Å²) in [6.07, 6.45) is -6.27. The normalized spacial score (nSPS) is 12.8. The van der Waals surface area contributed by atoms with E-state index in [-0.39, 0.29) is 5.57 Å². The summed E-state index contributed by atoms with van der Waals surface area (Å²) in [5, 5.41) is 0. The van der Waals surface area contributed by atoms with Crippen molar-refractivity contribution in [3.05, 3.63) is 12.2 Å². The van der Waals surface area contributed by atoms with E-state index in [9.17, 15) is 18.0 Å². The van der Waals surface area contributed by atoms with Gasteiger partial charge in [-0.05, 0) is 6.92 Å². The molecule has 0 aromatic rings. The molecule has 6 heteroatoms. The van der Waals surface area contributed by atoms with Gasteiger partial charge in [0.1, 0.15) is 0 Å². The van der Waals surface area contributed by atoms with Gasteiger partial charge in [-0.2, -0.15) is 0 Å². The van der Waals surface area contributed by atoms with Gasteiger partial charge in [0.25, 0.3) is 6.43 Å². The molecule has 0 aliphatic heterocycles. The van der Waals surface area contributed by atoms with Crippen molar-refractivity contribution >= 4 is 5.97 Å². The number of alkyl halides is 3. The molecule has 0 amide bonds. The lowest BCUT2D eigenvalue weighted by molar-refractivity contribution is -0.342. The standard InChI is InChI=1S/C6H7F3O3/c1-3(2)6(10)12-11-5(9)4(7)8/h4-5H,1H2,2H3. The minimum absolute atomic E-state index is 0.0727. The van der Waals surface area contributed by atoms with Gasteiger partial charge in [-0.15, -0.1) is 4.89 Å². The molecule has 0 aromatic carbocycles. The zero-order valence-corrected chi connectivity index (χ0v) is 6.22. The molecule has 12 heavy (non-hydrogen) atoms. The highest BCUT2D eigenvalue weighted by atomic mass is 19.3. The lowest BCUT2D eigenvalue weighted by Gasteiger charge is -2.06. The van der Waals surface area contributed by atoms with E-state index in [1.165, 1.54) is 6.92 Å². The lowest BCUT2D eigenvalue weighted by Crippen LogP contribution is -2.19. The molecule has 0 heterocycles. The van der Waals surface area contributed by atoms with Crippen molar-refractivity contribution in [1.29, 1.82) is 0 Å². The molecule has 0 aliphatic rings. The molecule has 0 fully saturated rings. The summed E-state index contributed by atoms with van der Waals surface area (Å²) in [5.74, 6) is -1.08. The van der Waals surface area contributed by atoms with E-state index in [1.54, 1.807) is 0 Å². The number of carbonyl (C=O) groups is 1. The zero-order valence-electron chi connectivity index (χ0n) is 6.22. The molecule has 0 aliphatic carbocycles. The fourth-order valence-corrected chi connectivity index (χ4v) is 0.203. The summed E-state index contributed by atoms with van der Waals surface area (Å²) in [4.78, 5) is 17.4. The van der Waals surface area contributed by atoms with Crippen LogP contribution in [0.15, 0.2) is 12.2 Å². The van der Waals surface area contributed by atoms with Gasteiger partial charge in [0.2, 0.25) is 0 Å². The number of halogens is 3. The first kappa shape index (κ1) is 11.0. The number of hydrogen-bond acceptors (Lipinski definition) is 3. The molecule has 0 N–H and O–H groups in total. The predicted molar refractivity (Wildman–Crippen MR) is 32.9 cm³/mol. The van der Waals surface area contributed by atoms with E-state index in [2.05, 4.69) is 16.4 Å². The molecule has 0 rings (SSSR count). The van der Waals surface area contributed by atoms with Crippen LogP contribution in [0.3, 0.4) is 0 Å². The summed E-state index contributed by atoms with van der Waals surface area (Å²) in [7, 11) is 0. The minimum atomic E-state index is -3.34. The molecule has 3 nitrogen and oxygen atoms in total. The second-order valence-electron chi connectivity index (χ2n) is 1.93. The summed E-state index contributed by atoms with van der Waals surface area (Å²) < 4.78 is 34.6. The Morgan fingerprint density at radius 1 is 1.42 bits per heavy atom. The van der Waals surface area contributed by atoms with Crippen molar-refractivity contribution in [2.24, 2.45) is 0 Å². The fourth-order valence-electron chi connectivity index (χ4n) is 0.203. The minimum Gasteiger partial charge on any atom is -0.290 e. The highest BCUT2D eigenvalue weighted by Gasteiger charge is 2.22. The third-order valence-corrected chi connectivity index (χ3v) is 0.762. The second-order valence-corrected chi connectivity index (χ2v) is 1.93. The van der Waals surface area contributed by atoms with Crippen molar-refractivity contribution in [3.8, 4) is 0 Å². The third-order valence-electron chi connectivity index (χ3n) is 0.762. The average molecular weight is 184 g/mol. The Kier molecular flexibility index (Phi) is 4.35. The molecule has 0 saturated carbocycles. The SMILES string of the molecule is C=C(C)C(=O)OOC(F)C(F)F. The van der Waals surface area contributed by atoms with Crippen LogP contribution >= 0.6 is 0 Å². The molecule has 1 atom stereocenters. The van der Waals surface area contributed by atoms with Crippen molar-refractivity contribution in [2.75, 3.05) is 0 Å². The van der Waals surface area contributed by atoms with Crippen LogP contribution in [0, 0.1) is 0 Å². The zero-order chi connectivity index (χ0) is 9.72. The van der Waals surface area contributed by atoms with Crippen LogP contribution in [-0.4, -0.2) is 18.8 Å². The molecule has 1 unspecified atom stereocenters. The maximum absolute atomic E-state index is 11.9. The number of hydrogen-bond donors (Lipinski definition) is 0. The van der Waals surface area contributed by atoms with Crippen molar-refractivity contribution in [2.45, 2.75) is 19.7 Å². The van der Waals surface area contributed by atoms with Crippen LogP contribution in [0.2, 0.25) is 0 Å². The Balaban J connectivity index is 3.69. The van der Waals surface area contributed by atoms with Gasteiger partial charge in [-0.1, -0.05) is 6.58 Å². The largest absolute Gasteiger partial charge is 0.368 e. The Labute approximate surface area is 66.7 Å². The van der Waals surface area contributed by atoms with Gasteiger partial charge >= 0.3 is 12.3 Å². The van der Waals surface area contributed by atoms with Gasteiger partial charge in [0.05, 0.1) is 0 Å². The highest BCUT2D eigenvalue weighted by Crippen LogP contribution is 2.07. The molecule has 0 aromatic heterocycles. The fraction of sp³-hybridized carbons (Fsp3) is 0.500. The Hall–Kier alpha value is -1.04. The van der Waals surface area contributed by atoms with E-state index in [4.69, 9.17) is 0 Å². The second kappa shape index (κ2) is 4.76. The van der Waals surface area contributed by atoms with Crippen LogP contribution in [0.1, 0.15) is 6.92 Å². The Bertz CT molecular complexity index is 181. The summed E-state index contributed by atoms with van der Waals surface area (Å²) in [6.45, 7) is 4.38. The number of carbonyl (C=O) groups excluding carboxylic acids is 1. The van der Waals surface area contributed by atoms with Gasteiger partial charge < -0.3 is 0 Å². The van der Waals surface area contributed by atoms with Gasteiger partial charge in [-0.3, -0.25) is 4.89 Å². The van der Waals surface area contributed by atoms with Gasteiger partial charge in [0, 0.05) is 5.57 Å². The molecule has 0 radical (unpaired) electrons. The van der Waals surface area contributed by atoms with Crippen molar-refractivity contribution in [1.82, 2.24) is 0 Å². The van der Waals surface area contributed by atoms with Gasteiger partial charge in [-0.25, -0.2) is 18.0 Å². The molecule has 0 bridgehead atoms. The highest BCUT2D eigenvalue weighted by molar-refractivity contribution is 5.86. The summed E-state index contributed by atoms with van der Waals surface area (Å²) in [6, 6.07) is 0. The van der Waals surface area contributed by atoms with Crippen LogP contribution in [0.4, 0.5) is 13.2 Å². The smallest absolute Gasteiger partial charge is 0.290 e. The monoisotopic (exact) mass is 184 g/mol. The van der Waals surface area contributed by atoms with E-state index >= 15 is 0 Å². The van der Waals surface area contributed by atoms with Crippen LogP contribution in [0.5, 0.6) is 0 Å². The number of rotatable bonds is 4. The topological polar surface area (TPSA) is 35.5 Å². The molecule has 70 valence electrons. The van der Waals surface area contributed by atoms with Crippen LogP contribution < -0.4 is 0 Å². The van der Waals surface area contributed by atoms with Crippen molar-refractivity contribution in [3.63, 3.8) is 0 Å². The first-order chi connectivity index (χ1) is 5.45. The maximum Gasteiger partial charge on any atom is 0.368 e. The Morgan fingerprint density at radius 2 is 1.92 bits per heavy atom. The maximum atomic E-state index is 11.9. The van der Waals surface area contributed by atoms with E-state index in [0.29, 0.717) is 0 Å². The van der Waals surface area contributed by atoms with E-state index in [1.807, 2.05) is 0 Å². The molecule has 0 spiro atoms. The third kappa shape index (κ3) is 3.97. The summed E-state index contributed by atoms with van der Waals surface area (Å²) >= 11 is 0. The molecule has 0 saturated heterocycles. The average Bonchev–Trinajstić information content (AvgIpc) is 1.98. The van der Waals surface area contributed by atoms with Crippen molar-refractivity contribution < 1.29 is 27.7 Å². The Morgan fingerprint density at radius 3 is 2.25 bits per heavy atom. The predicted octanol–water partition coefficient (Wildman–Crippen LogP) is 1.60. The first-order valence-corrected chi connectivity index (χ1v) is 2.90. The van der Waals surface area contributed by atoms with Crippen LogP contribution in [0.25, 0.3) is 0 Å². The van der Waals surface area contributed by atoms with E-state index < -0.39 is 18.8 Å². The van der Waals surface area contributed by atoms with E-state index in [0.717, 1.165) is 0 Å². The lowest BCUT2D eigenvalue weighted by atomic mass is 10.4. The summed E-state index contributed by atoms with van der Waals surface area (Å²) in [5.41, 5.74) is -0.0727. The molecular formula is C6H7F3O3. The quantitative estimate of drug-likeness (QED) is 0.378. The van der Waals surface area contributed by atoms with Gasteiger partial charge in [0.15, 0.2) is 0 Å². The molecular weight excluding hydrogens is 177 g/mol.